The summed E-state index contributed by atoms with van der Waals surface area (Å²) in [7, 11) is 0. The van der Waals surface area contributed by atoms with E-state index in [0.717, 1.165) is 5.75 Å². The van der Waals surface area contributed by atoms with Gasteiger partial charge in [-0.1, -0.05) is 22.9 Å². The lowest BCUT2D eigenvalue weighted by Gasteiger charge is -2.11. The predicted octanol–water partition coefficient (Wildman–Crippen LogP) is 1.89. The van der Waals surface area contributed by atoms with E-state index < -0.39 is 5.60 Å². The minimum Gasteiger partial charge on any atom is -0.492 e. The molecule has 0 atom stereocenters. The maximum absolute atomic E-state index is 9.78. The standard InChI is InChI=1S/C14H19N3O2/c1-11-4-6-12(7-5-11)19-9-8-17-10-13(15-16-17)14(2,3)18/h4-7,10,18H,8-9H2,1-3H3. The van der Waals surface area contributed by atoms with Crippen LogP contribution in [0.5, 0.6) is 5.75 Å². The van der Waals surface area contributed by atoms with Crippen molar-refractivity contribution in [2.75, 3.05) is 6.61 Å². The normalized spacial score (nSPS) is 11.6. The second kappa shape index (κ2) is 5.40. The molecule has 0 bridgehead atoms. The van der Waals surface area contributed by atoms with Gasteiger partial charge in [0.05, 0.1) is 12.7 Å². The minimum absolute atomic E-state index is 0.512. The van der Waals surface area contributed by atoms with E-state index in [1.807, 2.05) is 31.2 Å². The van der Waals surface area contributed by atoms with E-state index in [4.69, 9.17) is 4.74 Å². The monoisotopic (exact) mass is 261 g/mol. The first-order valence-electron chi connectivity index (χ1n) is 6.27. The van der Waals surface area contributed by atoms with E-state index in [9.17, 15) is 5.11 Å². The van der Waals surface area contributed by atoms with Crippen LogP contribution in [-0.2, 0) is 12.1 Å². The van der Waals surface area contributed by atoms with E-state index >= 15 is 0 Å². The molecule has 0 aliphatic carbocycles. The molecule has 5 heteroatoms. The summed E-state index contributed by atoms with van der Waals surface area (Å²) >= 11 is 0. The lowest BCUT2D eigenvalue weighted by Crippen LogP contribution is -2.16. The highest BCUT2D eigenvalue weighted by Crippen LogP contribution is 2.15. The summed E-state index contributed by atoms with van der Waals surface area (Å²) < 4.78 is 7.28. The molecule has 0 radical (unpaired) electrons. The number of aromatic nitrogens is 3. The van der Waals surface area contributed by atoms with Crippen molar-refractivity contribution in [3.05, 3.63) is 41.7 Å². The van der Waals surface area contributed by atoms with Crippen LogP contribution in [-0.4, -0.2) is 26.7 Å². The van der Waals surface area contributed by atoms with Gasteiger partial charge in [-0.2, -0.15) is 0 Å². The molecular weight excluding hydrogens is 242 g/mol. The van der Waals surface area contributed by atoms with Crippen molar-refractivity contribution in [3.63, 3.8) is 0 Å². The fraction of sp³-hybridized carbons (Fsp3) is 0.429. The molecule has 0 aliphatic rings. The summed E-state index contributed by atoms with van der Waals surface area (Å²) in [5.74, 6) is 0.841. The summed E-state index contributed by atoms with van der Waals surface area (Å²) in [4.78, 5) is 0. The molecule has 0 saturated carbocycles. The zero-order valence-electron chi connectivity index (χ0n) is 11.5. The Morgan fingerprint density at radius 3 is 2.53 bits per heavy atom. The van der Waals surface area contributed by atoms with Gasteiger partial charge < -0.3 is 9.84 Å². The van der Waals surface area contributed by atoms with Crippen LogP contribution in [0, 0.1) is 6.92 Å². The van der Waals surface area contributed by atoms with Crippen LogP contribution in [0.4, 0.5) is 0 Å². The molecule has 0 aliphatic heterocycles. The van der Waals surface area contributed by atoms with Gasteiger partial charge in [-0.05, 0) is 32.9 Å². The summed E-state index contributed by atoms with van der Waals surface area (Å²) in [6.07, 6.45) is 1.73. The lowest BCUT2D eigenvalue weighted by molar-refractivity contribution is 0.0737. The van der Waals surface area contributed by atoms with Crippen molar-refractivity contribution < 1.29 is 9.84 Å². The number of benzene rings is 1. The average Bonchev–Trinajstić information content (AvgIpc) is 2.80. The summed E-state index contributed by atoms with van der Waals surface area (Å²) in [6, 6.07) is 7.91. The molecule has 5 nitrogen and oxygen atoms in total. The van der Waals surface area contributed by atoms with Gasteiger partial charge in [-0.15, -0.1) is 5.10 Å². The molecule has 0 amide bonds. The number of aliphatic hydroxyl groups is 1. The van der Waals surface area contributed by atoms with E-state index in [1.54, 1.807) is 24.7 Å². The van der Waals surface area contributed by atoms with Crippen LogP contribution in [0.3, 0.4) is 0 Å². The van der Waals surface area contributed by atoms with Gasteiger partial charge in [0.2, 0.25) is 0 Å². The molecule has 0 saturated heterocycles. The molecule has 102 valence electrons. The predicted molar refractivity (Wildman–Crippen MR) is 71.9 cm³/mol. The molecule has 1 heterocycles. The number of aryl methyl sites for hydroxylation is 1. The third kappa shape index (κ3) is 3.79. The molecule has 0 spiro atoms. The highest BCUT2D eigenvalue weighted by atomic mass is 16.5. The Kier molecular flexibility index (Phi) is 3.85. The van der Waals surface area contributed by atoms with Crippen LogP contribution in [0.2, 0.25) is 0 Å². The highest BCUT2D eigenvalue weighted by molar-refractivity contribution is 5.26. The molecular formula is C14H19N3O2. The SMILES string of the molecule is Cc1ccc(OCCn2cc(C(C)(C)O)nn2)cc1. The Labute approximate surface area is 112 Å². The Bertz CT molecular complexity index is 526. The molecule has 1 N–H and O–H groups in total. The molecule has 2 aromatic rings. The van der Waals surface area contributed by atoms with Gasteiger partial charge >= 0.3 is 0 Å². The second-order valence-corrected chi connectivity index (χ2v) is 5.09. The number of rotatable bonds is 5. The first-order chi connectivity index (χ1) is 8.95. The molecule has 2 rings (SSSR count). The minimum atomic E-state index is -0.962. The Morgan fingerprint density at radius 1 is 1.26 bits per heavy atom. The van der Waals surface area contributed by atoms with Crippen molar-refractivity contribution in [3.8, 4) is 5.75 Å². The van der Waals surface area contributed by atoms with Crippen molar-refractivity contribution in [2.24, 2.45) is 0 Å². The summed E-state index contributed by atoms with van der Waals surface area (Å²) in [6.45, 7) is 6.51. The number of nitrogens with zero attached hydrogens (tertiary/aromatic N) is 3. The maximum atomic E-state index is 9.78. The molecule has 0 fully saturated rings. The van der Waals surface area contributed by atoms with Crippen LogP contribution in [0.1, 0.15) is 25.1 Å². The largest absolute Gasteiger partial charge is 0.492 e. The van der Waals surface area contributed by atoms with E-state index in [-0.39, 0.29) is 0 Å². The molecule has 1 aromatic heterocycles. The van der Waals surface area contributed by atoms with Crippen molar-refractivity contribution in [1.29, 1.82) is 0 Å². The quantitative estimate of drug-likeness (QED) is 0.893. The van der Waals surface area contributed by atoms with Gasteiger partial charge in [0.25, 0.3) is 0 Å². The van der Waals surface area contributed by atoms with E-state index in [0.29, 0.717) is 18.8 Å². The van der Waals surface area contributed by atoms with Crippen molar-refractivity contribution in [1.82, 2.24) is 15.0 Å². The third-order valence-corrected chi connectivity index (χ3v) is 2.78. The molecule has 0 unspecified atom stereocenters. The zero-order chi connectivity index (χ0) is 13.9. The number of hydrogen-bond acceptors (Lipinski definition) is 4. The van der Waals surface area contributed by atoms with Crippen molar-refractivity contribution >= 4 is 0 Å². The van der Waals surface area contributed by atoms with Crippen LogP contribution >= 0.6 is 0 Å². The lowest BCUT2D eigenvalue weighted by atomic mass is 10.1. The van der Waals surface area contributed by atoms with E-state index in [2.05, 4.69) is 10.3 Å². The Hall–Kier alpha value is -1.88. The summed E-state index contributed by atoms with van der Waals surface area (Å²) in [5, 5.41) is 17.7. The molecule has 1 aromatic carbocycles. The Balaban J connectivity index is 1.86. The summed E-state index contributed by atoms with van der Waals surface area (Å²) in [5.41, 5.74) is 0.803. The average molecular weight is 261 g/mol. The zero-order valence-corrected chi connectivity index (χ0v) is 11.5. The van der Waals surface area contributed by atoms with Gasteiger partial charge in [-0.3, -0.25) is 0 Å². The topological polar surface area (TPSA) is 60.2 Å². The van der Waals surface area contributed by atoms with E-state index in [1.165, 1.54) is 5.56 Å². The fourth-order valence-corrected chi connectivity index (χ4v) is 1.58. The second-order valence-electron chi connectivity index (χ2n) is 5.09. The first-order valence-corrected chi connectivity index (χ1v) is 6.27. The fourth-order valence-electron chi connectivity index (χ4n) is 1.58. The highest BCUT2D eigenvalue weighted by Gasteiger charge is 2.19. The van der Waals surface area contributed by atoms with Gasteiger partial charge in [0, 0.05) is 0 Å². The van der Waals surface area contributed by atoms with Gasteiger partial charge in [0.1, 0.15) is 23.7 Å². The first kappa shape index (κ1) is 13.5. The number of ether oxygens (including phenoxy) is 1. The van der Waals surface area contributed by atoms with Gasteiger partial charge in [-0.25, -0.2) is 4.68 Å². The van der Waals surface area contributed by atoms with Crippen LogP contribution in [0.25, 0.3) is 0 Å². The van der Waals surface area contributed by atoms with Crippen molar-refractivity contribution in [2.45, 2.75) is 32.9 Å². The van der Waals surface area contributed by atoms with Crippen LogP contribution in [0.15, 0.2) is 30.5 Å². The van der Waals surface area contributed by atoms with Crippen LogP contribution < -0.4 is 4.74 Å². The molecule has 19 heavy (non-hydrogen) atoms. The maximum Gasteiger partial charge on any atom is 0.119 e. The van der Waals surface area contributed by atoms with Gasteiger partial charge in [0.15, 0.2) is 0 Å². The smallest absolute Gasteiger partial charge is 0.119 e. The number of hydrogen-bond donors (Lipinski definition) is 1. The Morgan fingerprint density at radius 2 is 1.95 bits per heavy atom. The third-order valence-electron chi connectivity index (χ3n) is 2.78.